The second-order valence-electron chi connectivity index (χ2n) is 3.70. The maximum atomic E-state index is 11.3. The lowest BCUT2D eigenvalue weighted by atomic mass is 10.3. The van der Waals surface area contributed by atoms with Crippen LogP contribution in [0.1, 0.15) is 19.8 Å². The van der Waals surface area contributed by atoms with Gasteiger partial charge in [-0.3, -0.25) is 9.59 Å². The zero-order chi connectivity index (χ0) is 13.1. The zero-order valence-corrected chi connectivity index (χ0v) is 10.7. The molecule has 0 aliphatic carbocycles. The molecule has 0 heterocycles. The Bertz CT molecular complexity index is 254. The quantitative estimate of drug-likeness (QED) is 0.475. The van der Waals surface area contributed by atoms with Gasteiger partial charge in [0.15, 0.2) is 0 Å². The molecule has 0 radical (unpaired) electrons. The Morgan fingerprint density at radius 2 is 2.12 bits per heavy atom. The van der Waals surface area contributed by atoms with Gasteiger partial charge in [-0.15, -0.1) is 6.58 Å². The van der Waals surface area contributed by atoms with Gasteiger partial charge in [0.2, 0.25) is 11.8 Å². The Morgan fingerprint density at radius 1 is 1.41 bits per heavy atom. The van der Waals surface area contributed by atoms with E-state index in [9.17, 15) is 9.59 Å². The van der Waals surface area contributed by atoms with Gasteiger partial charge in [-0.2, -0.15) is 0 Å². The third kappa shape index (κ3) is 8.45. The van der Waals surface area contributed by atoms with Crippen LogP contribution in [0.15, 0.2) is 12.7 Å². The highest BCUT2D eigenvalue weighted by Gasteiger charge is 2.10. The second kappa shape index (κ2) is 9.84. The molecular formula is C12H22N2O3. The number of nitrogens with one attached hydrogen (secondary N) is 1. The van der Waals surface area contributed by atoms with Gasteiger partial charge in [-0.25, -0.2) is 0 Å². The average molecular weight is 242 g/mol. The lowest BCUT2D eigenvalue weighted by molar-refractivity contribution is -0.129. The van der Waals surface area contributed by atoms with Crippen LogP contribution < -0.4 is 5.32 Å². The Hall–Kier alpha value is -1.36. The summed E-state index contributed by atoms with van der Waals surface area (Å²) in [7, 11) is 1.63. The summed E-state index contributed by atoms with van der Waals surface area (Å²) in [5.74, 6) is -0.0829. The standard InChI is InChI=1S/C12H22N2O3/c1-4-7-13-12(16)6-9-14(11(2)15)8-5-10-17-3/h4H,1,5-10H2,2-3H3,(H,13,16). The number of hydrogen-bond acceptors (Lipinski definition) is 3. The summed E-state index contributed by atoms with van der Waals surface area (Å²) >= 11 is 0. The molecule has 0 spiro atoms. The maximum absolute atomic E-state index is 11.3. The van der Waals surface area contributed by atoms with Crippen LogP contribution in [-0.2, 0) is 14.3 Å². The molecule has 0 aromatic heterocycles. The summed E-state index contributed by atoms with van der Waals surface area (Å²) in [5.41, 5.74) is 0. The zero-order valence-electron chi connectivity index (χ0n) is 10.7. The van der Waals surface area contributed by atoms with E-state index in [1.165, 1.54) is 6.92 Å². The molecule has 5 nitrogen and oxygen atoms in total. The molecule has 0 fully saturated rings. The fourth-order valence-electron chi connectivity index (χ4n) is 1.34. The molecule has 0 saturated carbocycles. The molecule has 0 aromatic rings. The molecule has 0 rings (SSSR count). The first-order chi connectivity index (χ1) is 8.11. The molecular weight excluding hydrogens is 220 g/mol. The van der Waals surface area contributed by atoms with Crippen LogP contribution in [0.3, 0.4) is 0 Å². The molecule has 5 heteroatoms. The van der Waals surface area contributed by atoms with E-state index in [1.807, 2.05) is 0 Å². The van der Waals surface area contributed by atoms with E-state index in [0.717, 1.165) is 6.42 Å². The summed E-state index contributed by atoms with van der Waals surface area (Å²) < 4.78 is 4.92. The number of carbonyl (C=O) groups excluding carboxylic acids is 2. The van der Waals surface area contributed by atoms with Crippen molar-refractivity contribution < 1.29 is 14.3 Å². The summed E-state index contributed by atoms with van der Waals surface area (Å²) in [6, 6.07) is 0. The summed E-state index contributed by atoms with van der Waals surface area (Å²) in [6.07, 6.45) is 2.73. The number of amides is 2. The van der Waals surface area contributed by atoms with Crippen molar-refractivity contribution in [3.63, 3.8) is 0 Å². The first kappa shape index (κ1) is 15.6. The highest BCUT2D eigenvalue weighted by atomic mass is 16.5. The molecule has 0 aliphatic rings. The van der Waals surface area contributed by atoms with Gasteiger partial charge in [0, 0.05) is 46.7 Å². The van der Waals surface area contributed by atoms with Gasteiger partial charge in [-0.1, -0.05) is 6.08 Å². The third-order valence-electron chi connectivity index (χ3n) is 2.27. The maximum Gasteiger partial charge on any atom is 0.222 e. The largest absolute Gasteiger partial charge is 0.385 e. The molecule has 0 bridgehead atoms. The smallest absolute Gasteiger partial charge is 0.222 e. The van der Waals surface area contributed by atoms with Crippen LogP contribution in [0, 0.1) is 0 Å². The monoisotopic (exact) mass is 242 g/mol. The van der Waals surface area contributed by atoms with Gasteiger partial charge < -0.3 is 15.0 Å². The van der Waals surface area contributed by atoms with E-state index >= 15 is 0 Å². The van der Waals surface area contributed by atoms with Crippen LogP contribution >= 0.6 is 0 Å². The number of hydrogen-bond donors (Lipinski definition) is 1. The van der Waals surface area contributed by atoms with E-state index in [4.69, 9.17) is 4.74 Å². The Morgan fingerprint density at radius 3 is 2.65 bits per heavy atom. The van der Waals surface area contributed by atoms with Gasteiger partial charge in [0.25, 0.3) is 0 Å². The van der Waals surface area contributed by atoms with E-state index in [0.29, 0.717) is 32.7 Å². The van der Waals surface area contributed by atoms with Crippen molar-refractivity contribution in [2.45, 2.75) is 19.8 Å². The predicted octanol–water partition coefficient (Wildman–Crippen LogP) is 0.564. The van der Waals surface area contributed by atoms with E-state index in [-0.39, 0.29) is 11.8 Å². The molecule has 0 saturated heterocycles. The molecule has 17 heavy (non-hydrogen) atoms. The summed E-state index contributed by atoms with van der Waals surface area (Å²) in [5, 5.41) is 2.67. The van der Waals surface area contributed by atoms with Gasteiger partial charge in [0.1, 0.15) is 0 Å². The molecule has 98 valence electrons. The highest BCUT2D eigenvalue weighted by Crippen LogP contribution is 1.96. The van der Waals surface area contributed by atoms with E-state index in [1.54, 1.807) is 18.1 Å². The number of nitrogens with zero attached hydrogens (tertiary/aromatic N) is 1. The van der Waals surface area contributed by atoms with Gasteiger partial charge in [0.05, 0.1) is 0 Å². The molecule has 0 atom stereocenters. The average Bonchev–Trinajstić information content (AvgIpc) is 2.30. The highest BCUT2D eigenvalue weighted by molar-refractivity contribution is 5.78. The minimum atomic E-state index is -0.0668. The van der Waals surface area contributed by atoms with Crippen molar-refractivity contribution >= 4 is 11.8 Å². The molecule has 0 unspecified atom stereocenters. The second-order valence-corrected chi connectivity index (χ2v) is 3.70. The van der Waals surface area contributed by atoms with Crippen LogP contribution in [0.25, 0.3) is 0 Å². The van der Waals surface area contributed by atoms with Crippen molar-refractivity contribution in [2.75, 3.05) is 33.4 Å². The number of rotatable bonds is 9. The van der Waals surface area contributed by atoms with E-state index in [2.05, 4.69) is 11.9 Å². The van der Waals surface area contributed by atoms with Crippen LogP contribution in [-0.4, -0.2) is 50.1 Å². The molecule has 1 N–H and O–H groups in total. The van der Waals surface area contributed by atoms with Crippen molar-refractivity contribution in [2.24, 2.45) is 0 Å². The molecule has 2 amide bonds. The Labute approximate surface area is 103 Å². The van der Waals surface area contributed by atoms with Crippen molar-refractivity contribution in [1.82, 2.24) is 10.2 Å². The predicted molar refractivity (Wildman–Crippen MR) is 66.6 cm³/mol. The van der Waals surface area contributed by atoms with E-state index < -0.39 is 0 Å². The lowest BCUT2D eigenvalue weighted by Gasteiger charge is -2.20. The Kier molecular flexibility index (Phi) is 9.05. The van der Waals surface area contributed by atoms with Crippen molar-refractivity contribution in [1.29, 1.82) is 0 Å². The number of methoxy groups -OCH3 is 1. The fraction of sp³-hybridized carbons (Fsp3) is 0.667. The van der Waals surface area contributed by atoms with Crippen molar-refractivity contribution in [3.8, 4) is 0 Å². The topological polar surface area (TPSA) is 58.6 Å². The normalized spacial score (nSPS) is 9.76. The minimum Gasteiger partial charge on any atom is -0.385 e. The van der Waals surface area contributed by atoms with Crippen LogP contribution in [0.5, 0.6) is 0 Å². The number of carbonyl (C=O) groups is 2. The lowest BCUT2D eigenvalue weighted by Crippen LogP contribution is -2.34. The summed E-state index contributed by atoms with van der Waals surface area (Å²) in [6.45, 7) is 7.17. The number of ether oxygens (including phenoxy) is 1. The van der Waals surface area contributed by atoms with Gasteiger partial charge >= 0.3 is 0 Å². The summed E-state index contributed by atoms with van der Waals surface area (Å²) in [4.78, 5) is 24.3. The first-order valence-corrected chi connectivity index (χ1v) is 5.73. The third-order valence-corrected chi connectivity index (χ3v) is 2.27. The fourth-order valence-corrected chi connectivity index (χ4v) is 1.34. The van der Waals surface area contributed by atoms with Crippen LogP contribution in [0.2, 0.25) is 0 Å². The molecule has 0 aromatic carbocycles. The first-order valence-electron chi connectivity index (χ1n) is 5.73. The Balaban J connectivity index is 3.87. The minimum absolute atomic E-state index is 0.0161. The molecule has 0 aliphatic heterocycles. The van der Waals surface area contributed by atoms with Crippen LogP contribution in [0.4, 0.5) is 0 Å². The van der Waals surface area contributed by atoms with Crippen molar-refractivity contribution in [3.05, 3.63) is 12.7 Å². The SMILES string of the molecule is C=CCNC(=O)CCN(CCCOC)C(C)=O. The van der Waals surface area contributed by atoms with Gasteiger partial charge in [-0.05, 0) is 6.42 Å².